The summed E-state index contributed by atoms with van der Waals surface area (Å²) in [5.74, 6) is 0.135. The van der Waals surface area contributed by atoms with Crippen LogP contribution in [0.3, 0.4) is 0 Å². The molecule has 0 aliphatic rings. The van der Waals surface area contributed by atoms with Crippen LogP contribution in [0, 0.1) is 5.82 Å². The van der Waals surface area contributed by atoms with Crippen molar-refractivity contribution in [2.75, 3.05) is 5.75 Å². The average molecular weight is 432 g/mol. The molecule has 2 heterocycles. The maximum atomic E-state index is 12.9. The highest BCUT2D eigenvalue weighted by Gasteiger charge is 2.17. The van der Waals surface area contributed by atoms with Crippen LogP contribution in [0.15, 0.2) is 89.4 Å². The minimum Gasteiger partial charge on any atom is -0.272 e. The Bertz CT molecular complexity index is 1180. The zero-order valence-corrected chi connectivity index (χ0v) is 17.0. The van der Waals surface area contributed by atoms with E-state index < -0.39 is 0 Å². The molecule has 4 rings (SSSR count). The van der Waals surface area contributed by atoms with Gasteiger partial charge in [-0.05, 0) is 42.0 Å². The smallest absolute Gasteiger partial charge is 0.250 e. The van der Waals surface area contributed by atoms with Crippen LogP contribution in [0.5, 0.6) is 0 Å². The zero-order valence-electron chi connectivity index (χ0n) is 16.2. The molecule has 0 saturated carbocycles. The Labute approximate surface area is 182 Å². The Morgan fingerprint density at radius 3 is 2.52 bits per heavy atom. The summed E-state index contributed by atoms with van der Waals surface area (Å²) in [6.45, 7) is 0. The van der Waals surface area contributed by atoms with Crippen LogP contribution in [0.2, 0.25) is 0 Å². The van der Waals surface area contributed by atoms with E-state index in [4.69, 9.17) is 0 Å². The van der Waals surface area contributed by atoms with E-state index in [1.54, 1.807) is 24.5 Å². The van der Waals surface area contributed by atoms with Gasteiger partial charge in [0.25, 0.3) is 5.91 Å². The minimum atomic E-state index is -0.328. The molecule has 0 bridgehead atoms. The quantitative estimate of drug-likeness (QED) is 0.273. The minimum absolute atomic E-state index is 0.0993. The SMILES string of the molecule is O=C(CSc1nnc(-c2ccncc2)n1-c1ccccc1)N/N=C/c1ccc(F)cc1. The number of benzene rings is 2. The number of thioether (sulfide) groups is 1. The van der Waals surface area contributed by atoms with Crippen molar-refractivity contribution in [3.05, 3.63) is 90.5 Å². The number of para-hydroxylation sites is 1. The number of amides is 1. The van der Waals surface area contributed by atoms with Gasteiger partial charge in [0.05, 0.1) is 12.0 Å². The van der Waals surface area contributed by atoms with Crippen LogP contribution >= 0.6 is 11.8 Å². The second-order valence-corrected chi connectivity index (χ2v) is 7.29. The van der Waals surface area contributed by atoms with Gasteiger partial charge in [-0.2, -0.15) is 5.10 Å². The van der Waals surface area contributed by atoms with Gasteiger partial charge < -0.3 is 0 Å². The fraction of sp³-hybridized carbons (Fsp3) is 0.0455. The van der Waals surface area contributed by atoms with E-state index in [0.717, 1.165) is 11.3 Å². The Morgan fingerprint density at radius 2 is 1.77 bits per heavy atom. The molecule has 9 heteroatoms. The van der Waals surface area contributed by atoms with Crippen molar-refractivity contribution in [2.24, 2.45) is 5.10 Å². The molecule has 0 spiro atoms. The molecule has 0 saturated heterocycles. The van der Waals surface area contributed by atoms with Crippen LogP contribution < -0.4 is 5.43 Å². The molecule has 0 atom stereocenters. The molecular weight excluding hydrogens is 415 g/mol. The molecule has 4 aromatic rings. The number of rotatable bonds is 7. The first-order chi connectivity index (χ1) is 15.2. The third-order valence-corrected chi connectivity index (χ3v) is 5.12. The molecule has 0 aliphatic heterocycles. The number of carbonyl (C=O) groups excluding carboxylic acids is 1. The first kappa shape index (κ1) is 20.4. The number of carbonyl (C=O) groups is 1. The molecule has 0 fully saturated rings. The summed E-state index contributed by atoms with van der Waals surface area (Å²) in [6.07, 6.45) is 4.84. The number of nitrogens with one attached hydrogen (secondary N) is 1. The third kappa shape index (κ3) is 5.20. The summed E-state index contributed by atoms with van der Waals surface area (Å²) in [7, 11) is 0. The lowest BCUT2D eigenvalue weighted by atomic mass is 10.2. The van der Waals surface area contributed by atoms with Crippen molar-refractivity contribution in [2.45, 2.75) is 5.16 Å². The van der Waals surface area contributed by atoms with Gasteiger partial charge in [0.2, 0.25) is 0 Å². The first-order valence-corrected chi connectivity index (χ1v) is 10.3. The predicted molar refractivity (Wildman–Crippen MR) is 117 cm³/mol. The summed E-state index contributed by atoms with van der Waals surface area (Å²) < 4.78 is 14.8. The van der Waals surface area contributed by atoms with Crippen LogP contribution in [-0.4, -0.2) is 37.6 Å². The molecule has 7 nitrogen and oxygen atoms in total. The highest BCUT2D eigenvalue weighted by molar-refractivity contribution is 7.99. The first-order valence-electron chi connectivity index (χ1n) is 9.32. The lowest BCUT2D eigenvalue weighted by Gasteiger charge is -2.10. The Hall–Kier alpha value is -3.85. The summed E-state index contributed by atoms with van der Waals surface area (Å²) in [4.78, 5) is 16.3. The molecule has 0 aliphatic carbocycles. The van der Waals surface area contributed by atoms with Crippen LogP contribution in [0.1, 0.15) is 5.56 Å². The molecule has 1 amide bonds. The van der Waals surface area contributed by atoms with Crippen LogP contribution in [-0.2, 0) is 4.79 Å². The predicted octanol–water partition coefficient (Wildman–Crippen LogP) is 3.71. The number of nitrogens with zero attached hydrogens (tertiary/aromatic N) is 5. The van der Waals surface area contributed by atoms with Gasteiger partial charge in [0, 0.05) is 23.6 Å². The fourth-order valence-electron chi connectivity index (χ4n) is 2.75. The maximum Gasteiger partial charge on any atom is 0.250 e. The lowest BCUT2D eigenvalue weighted by molar-refractivity contribution is -0.118. The molecule has 31 heavy (non-hydrogen) atoms. The third-order valence-electron chi connectivity index (χ3n) is 4.19. The molecular formula is C22H17FN6OS. The van der Waals surface area contributed by atoms with E-state index in [-0.39, 0.29) is 17.5 Å². The van der Waals surface area contributed by atoms with E-state index in [0.29, 0.717) is 16.5 Å². The van der Waals surface area contributed by atoms with Gasteiger partial charge >= 0.3 is 0 Å². The number of hydrogen-bond donors (Lipinski definition) is 1. The summed E-state index contributed by atoms with van der Waals surface area (Å²) in [6, 6.07) is 19.2. The van der Waals surface area contributed by atoms with E-state index in [2.05, 4.69) is 25.7 Å². The van der Waals surface area contributed by atoms with Crippen LogP contribution in [0.25, 0.3) is 17.1 Å². The van der Waals surface area contributed by atoms with Crippen molar-refractivity contribution < 1.29 is 9.18 Å². The lowest BCUT2D eigenvalue weighted by Crippen LogP contribution is -2.20. The van der Waals surface area contributed by atoms with Gasteiger partial charge in [-0.3, -0.25) is 14.3 Å². The summed E-state index contributed by atoms with van der Waals surface area (Å²) in [5.41, 5.74) is 4.90. The monoisotopic (exact) mass is 432 g/mol. The molecule has 2 aromatic heterocycles. The number of hydrogen-bond acceptors (Lipinski definition) is 6. The summed E-state index contributed by atoms with van der Waals surface area (Å²) >= 11 is 1.25. The Balaban J connectivity index is 1.47. The molecule has 2 aromatic carbocycles. The number of hydrazone groups is 1. The Morgan fingerprint density at radius 1 is 1.03 bits per heavy atom. The van der Waals surface area contributed by atoms with E-state index in [1.165, 1.54) is 30.1 Å². The zero-order chi connectivity index (χ0) is 21.5. The molecule has 154 valence electrons. The molecule has 0 radical (unpaired) electrons. The van der Waals surface area contributed by atoms with Gasteiger partial charge in [-0.1, -0.05) is 42.1 Å². The Kier molecular flexibility index (Phi) is 6.44. The van der Waals surface area contributed by atoms with Crippen molar-refractivity contribution in [3.8, 4) is 17.1 Å². The van der Waals surface area contributed by atoms with Crippen molar-refractivity contribution >= 4 is 23.9 Å². The number of aromatic nitrogens is 4. The molecule has 0 unspecified atom stereocenters. The average Bonchev–Trinajstić information content (AvgIpc) is 3.24. The normalized spacial score (nSPS) is 11.0. The second-order valence-electron chi connectivity index (χ2n) is 6.35. The van der Waals surface area contributed by atoms with Gasteiger partial charge in [0.15, 0.2) is 11.0 Å². The van der Waals surface area contributed by atoms with Gasteiger partial charge in [-0.15, -0.1) is 10.2 Å². The topological polar surface area (TPSA) is 85.1 Å². The highest BCUT2D eigenvalue weighted by atomic mass is 32.2. The number of halogens is 1. The molecule has 1 N–H and O–H groups in total. The van der Waals surface area contributed by atoms with E-state index in [9.17, 15) is 9.18 Å². The second kappa shape index (κ2) is 9.77. The summed E-state index contributed by atoms with van der Waals surface area (Å²) in [5, 5.41) is 13.1. The fourth-order valence-corrected chi connectivity index (χ4v) is 3.50. The van der Waals surface area contributed by atoms with Crippen molar-refractivity contribution in [3.63, 3.8) is 0 Å². The van der Waals surface area contributed by atoms with Gasteiger partial charge in [-0.25, -0.2) is 9.82 Å². The van der Waals surface area contributed by atoms with E-state index >= 15 is 0 Å². The van der Waals surface area contributed by atoms with Gasteiger partial charge in [0.1, 0.15) is 5.82 Å². The highest BCUT2D eigenvalue weighted by Crippen LogP contribution is 2.27. The number of pyridine rings is 1. The van der Waals surface area contributed by atoms with Crippen molar-refractivity contribution in [1.82, 2.24) is 25.2 Å². The van der Waals surface area contributed by atoms with E-state index in [1.807, 2.05) is 47.0 Å². The van der Waals surface area contributed by atoms with Crippen molar-refractivity contribution in [1.29, 1.82) is 0 Å². The standard InChI is InChI=1S/C22H17FN6OS/c23-18-8-6-16(7-9-18)14-25-26-20(30)15-31-22-28-27-21(17-10-12-24-13-11-17)29(22)19-4-2-1-3-5-19/h1-14H,15H2,(H,26,30)/b25-14+. The largest absolute Gasteiger partial charge is 0.272 e. The van der Waals surface area contributed by atoms with Crippen LogP contribution in [0.4, 0.5) is 4.39 Å². The maximum absolute atomic E-state index is 12.9.